The lowest BCUT2D eigenvalue weighted by molar-refractivity contribution is -0.139. The smallest absolute Gasteiger partial charge is 0.326 e. The minimum Gasteiger partial charge on any atom is -0.508 e. The molecule has 1 rings (SSSR count). The lowest BCUT2D eigenvalue weighted by Gasteiger charge is -2.13. The van der Waals surface area contributed by atoms with Gasteiger partial charge < -0.3 is 20.8 Å². The van der Waals surface area contributed by atoms with Crippen LogP contribution in [0.1, 0.15) is 54.8 Å². The standard InChI is InChI=1S/C20H23ClN2O5.C2H6/c1-4-12(9-14(24)5-2)11-22-18(25)13-7-8-15(16(21)10-13)19(26)23-17(6-3)20(27)28;1-2/h4-5,7-10,17,24H,1,6,11H2,2-3H3,(H,22,25)(H,23,26)(H,27,28);1-2H3/b12-9+,14-5+;/t17-;/m0./s1. The van der Waals surface area contributed by atoms with Gasteiger partial charge in [-0.2, -0.15) is 0 Å². The number of allylic oxidation sites excluding steroid dienone is 2. The number of hydrogen-bond acceptors (Lipinski definition) is 4. The fourth-order valence-corrected chi connectivity index (χ4v) is 2.42. The van der Waals surface area contributed by atoms with Crippen molar-refractivity contribution in [3.05, 3.63) is 70.5 Å². The maximum atomic E-state index is 12.3. The quantitative estimate of drug-likeness (QED) is 0.341. The van der Waals surface area contributed by atoms with Gasteiger partial charge in [-0.25, -0.2) is 4.79 Å². The van der Waals surface area contributed by atoms with E-state index in [-0.39, 0.29) is 34.9 Å². The van der Waals surface area contributed by atoms with E-state index in [0.29, 0.717) is 5.57 Å². The number of aliphatic carboxylic acids is 1. The molecule has 0 aromatic heterocycles. The fraction of sp³-hybridized carbons (Fsp3) is 0.318. The molecule has 8 heteroatoms. The van der Waals surface area contributed by atoms with Crippen LogP contribution in [-0.2, 0) is 4.79 Å². The molecule has 1 aromatic carbocycles. The van der Waals surface area contributed by atoms with Crippen LogP contribution in [0.3, 0.4) is 0 Å². The second-order valence-electron chi connectivity index (χ2n) is 5.79. The molecular formula is C22H29ClN2O5. The Balaban J connectivity index is 0.00000407. The van der Waals surface area contributed by atoms with Crippen LogP contribution in [0.4, 0.5) is 0 Å². The summed E-state index contributed by atoms with van der Waals surface area (Å²) < 4.78 is 0. The van der Waals surface area contributed by atoms with Gasteiger partial charge in [0.2, 0.25) is 0 Å². The molecule has 0 fully saturated rings. The number of carboxylic acids is 1. The Labute approximate surface area is 182 Å². The second kappa shape index (κ2) is 14.0. The molecule has 0 heterocycles. The van der Waals surface area contributed by atoms with Gasteiger partial charge in [0.1, 0.15) is 11.8 Å². The second-order valence-corrected chi connectivity index (χ2v) is 6.19. The molecule has 7 nitrogen and oxygen atoms in total. The van der Waals surface area contributed by atoms with Gasteiger partial charge in [-0.15, -0.1) is 0 Å². The third kappa shape index (κ3) is 8.53. The Morgan fingerprint density at radius 3 is 2.30 bits per heavy atom. The van der Waals surface area contributed by atoms with Crippen molar-refractivity contribution in [3.8, 4) is 0 Å². The number of carbonyl (C=O) groups is 3. The predicted molar refractivity (Wildman–Crippen MR) is 119 cm³/mol. The third-order valence-electron chi connectivity index (χ3n) is 3.83. The molecule has 30 heavy (non-hydrogen) atoms. The molecule has 0 aliphatic rings. The van der Waals surface area contributed by atoms with Gasteiger partial charge in [-0.3, -0.25) is 9.59 Å². The number of aliphatic hydroxyl groups excluding tert-OH is 1. The summed E-state index contributed by atoms with van der Waals surface area (Å²) in [6.07, 6.45) is 4.71. The van der Waals surface area contributed by atoms with Gasteiger partial charge in [-0.1, -0.05) is 45.0 Å². The van der Waals surface area contributed by atoms with Crippen LogP contribution in [-0.4, -0.2) is 40.6 Å². The van der Waals surface area contributed by atoms with E-state index >= 15 is 0 Å². The lowest BCUT2D eigenvalue weighted by Crippen LogP contribution is -2.40. The van der Waals surface area contributed by atoms with Crippen LogP contribution in [0.25, 0.3) is 0 Å². The van der Waals surface area contributed by atoms with Crippen LogP contribution in [0.5, 0.6) is 0 Å². The average molecular weight is 437 g/mol. The van der Waals surface area contributed by atoms with Gasteiger partial charge >= 0.3 is 5.97 Å². The van der Waals surface area contributed by atoms with E-state index in [9.17, 15) is 19.5 Å². The maximum Gasteiger partial charge on any atom is 0.326 e. The molecule has 1 aromatic rings. The predicted octanol–water partition coefficient (Wildman–Crippen LogP) is 4.26. The van der Waals surface area contributed by atoms with Crippen molar-refractivity contribution < 1.29 is 24.6 Å². The zero-order valence-corrected chi connectivity index (χ0v) is 18.4. The molecule has 0 aliphatic carbocycles. The van der Waals surface area contributed by atoms with E-state index in [2.05, 4.69) is 17.2 Å². The maximum absolute atomic E-state index is 12.3. The Morgan fingerprint density at radius 2 is 1.83 bits per heavy atom. The van der Waals surface area contributed by atoms with Gasteiger partial charge in [-0.05, 0) is 49.3 Å². The number of halogens is 1. The molecule has 0 saturated carbocycles. The molecule has 4 N–H and O–H groups in total. The zero-order chi connectivity index (χ0) is 23.3. The van der Waals surface area contributed by atoms with E-state index in [4.69, 9.17) is 16.7 Å². The topological polar surface area (TPSA) is 116 Å². The molecule has 0 bridgehead atoms. The third-order valence-corrected chi connectivity index (χ3v) is 4.14. The van der Waals surface area contributed by atoms with E-state index in [1.165, 1.54) is 36.4 Å². The minimum absolute atomic E-state index is 0.0245. The monoisotopic (exact) mass is 436 g/mol. The summed E-state index contributed by atoms with van der Waals surface area (Å²) in [6.45, 7) is 11.1. The van der Waals surface area contributed by atoms with E-state index in [1.807, 2.05) is 13.8 Å². The Bertz CT molecular complexity index is 831. The Morgan fingerprint density at radius 1 is 1.20 bits per heavy atom. The van der Waals surface area contributed by atoms with E-state index in [0.717, 1.165) is 0 Å². The summed E-state index contributed by atoms with van der Waals surface area (Å²) in [5.41, 5.74) is 0.901. The first kappa shape index (κ1) is 26.9. The summed E-state index contributed by atoms with van der Waals surface area (Å²) >= 11 is 6.10. The largest absolute Gasteiger partial charge is 0.508 e. The number of carbonyl (C=O) groups excluding carboxylic acids is 2. The number of benzene rings is 1. The SMILES string of the molecule is C=C/C(=C\C(O)=C/C)CNC(=O)c1ccc(C(=O)N[C@@H](CC)C(=O)O)c(Cl)c1.CC. The fourth-order valence-electron chi connectivity index (χ4n) is 2.15. The number of rotatable bonds is 9. The number of hydrogen-bond donors (Lipinski definition) is 4. The van der Waals surface area contributed by atoms with Crippen molar-refractivity contribution in [2.75, 3.05) is 6.54 Å². The molecule has 2 amide bonds. The first-order chi connectivity index (χ1) is 14.2. The van der Waals surface area contributed by atoms with Gasteiger partial charge in [0.25, 0.3) is 11.8 Å². The van der Waals surface area contributed by atoms with Crippen molar-refractivity contribution in [2.45, 2.75) is 40.2 Å². The summed E-state index contributed by atoms with van der Waals surface area (Å²) in [5, 5.41) is 23.6. The highest BCUT2D eigenvalue weighted by atomic mass is 35.5. The van der Waals surface area contributed by atoms with Crippen molar-refractivity contribution in [1.82, 2.24) is 10.6 Å². The van der Waals surface area contributed by atoms with E-state index in [1.54, 1.807) is 13.8 Å². The van der Waals surface area contributed by atoms with E-state index < -0.39 is 23.8 Å². The van der Waals surface area contributed by atoms with Crippen molar-refractivity contribution in [2.24, 2.45) is 0 Å². The van der Waals surface area contributed by atoms with Crippen LogP contribution in [0, 0.1) is 0 Å². The molecule has 0 spiro atoms. The highest BCUT2D eigenvalue weighted by Crippen LogP contribution is 2.18. The summed E-state index contributed by atoms with van der Waals surface area (Å²) in [4.78, 5) is 35.5. The molecular weight excluding hydrogens is 408 g/mol. The first-order valence-electron chi connectivity index (χ1n) is 9.53. The summed E-state index contributed by atoms with van der Waals surface area (Å²) in [5.74, 6) is -2.16. The molecule has 1 atom stereocenters. The van der Waals surface area contributed by atoms with Crippen molar-refractivity contribution in [1.29, 1.82) is 0 Å². The van der Waals surface area contributed by atoms with Gasteiger partial charge in [0.05, 0.1) is 10.6 Å². The average Bonchev–Trinajstić information content (AvgIpc) is 2.75. The van der Waals surface area contributed by atoms with Crippen LogP contribution < -0.4 is 10.6 Å². The van der Waals surface area contributed by atoms with Gasteiger partial charge in [0.15, 0.2) is 0 Å². The van der Waals surface area contributed by atoms with Crippen LogP contribution >= 0.6 is 11.6 Å². The van der Waals surface area contributed by atoms with Gasteiger partial charge in [0, 0.05) is 12.1 Å². The number of carboxylic acid groups (broad SMARTS) is 1. The molecule has 0 saturated heterocycles. The van der Waals surface area contributed by atoms with Crippen molar-refractivity contribution in [3.63, 3.8) is 0 Å². The Hall–Kier alpha value is -3.06. The number of amides is 2. The molecule has 0 unspecified atom stereocenters. The molecule has 0 aliphatic heterocycles. The molecule has 0 radical (unpaired) electrons. The Kier molecular flexibility index (Phi) is 12.6. The lowest BCUT2D eigenvalue weighted by atomic mass is 10.1. The van der Waals surface area contributed by atoms with Crippen LogP contribution in [0.2, 0.25) is 5.02 Å². The van der Waals surface area contributed by atoms with Crippen molar-refractivity contribution >= 4 is 29.4 Å². The highest BCUT2D eigenvalue weighted by molar-refractivity contribution is 6.34. The number of nitrogens with one attached hydrogen (secondary N) is 2. The summed E-state index contributed by atoms with van der Waals surface area (Å²) in [6, 6.07) is 3.08. The normalized spacial score (nSPS) is 12.2. The minimum atomic E-state index is -1.14. The number of aliphatic hydroxyl groups is 1. The zero-order valence-electron chi connectivity index (χ0n) is 17.7. The van der Waals surface area contributed by atoms with Crippen LogP contribution in [0.15, 0.2) is 54.3 Å². The highest BCUT2D eigenvalue weighted by Gasteiger charge is 2.20. The summed E-state index contributed by atoms with van der Waals surface area (Å²) in [7, 11) is 0. The first-order valence-corrected chi connectivity index (χ1v) is 9.90. The molecule has 164 valence electrons.